The zero-order valence-corrected chi connectivity index (χ0v) is 10.2. The van der Waals surface area contributed by atoms with Crippen LogP contribution in [0.25, 0.3) is 0 Å². The molecule has 1 fully saturated rings. The van der Waals surface area contributed by atoms with Crippen molar-refractivity contribution in [2.24, 2.45) is 0 Å². The summed E-state index contributed by atoms with van der Waals surface area (Å²) in [7, 11) is -2.79. The molecule has 4 nitrogen and oxygen atoms in total. The van der Waals surface area contributed by atoms with E-state index in [9.17, 15) is 8.42 Å². The third-order valence-corrected chi connectivity index (χ3v) is 4.59. The standard InChI is InChI=1S/C10H21NO3S/c1-2-5-11(6-3-7-12)10-4-8-15(13,14)9-10/h10,12H,2-9H2,1H3. The predicted molar refractivity (Wildman–Crippen MR) is 60.6 cm³/mol. The van der Waals surface area contributed by atoms with Crippen molar-refractivity contribution in [2.75, 3.05) is 31.2 Å². The fraction of sp³-hybridized carbons (Fsp3) is 1.00. The molecule has 0 saturated carbocycles. The van der Waals surface area contributed by atoms with Crippen molar-refractivity contribution in [1.29, 1.82) is 0 Å². The Morgan fingerprint density at radius 1 is 1.40 bits per heavy atom. The molecule has 15 heavy (non-hydrogen) atoms. The molecule has 1 aliphatic rings. The molecule has 0 aliphatic carbocycles. The lowest BCUT2D eigenvalue weighted by atomic mass is 10.2. The Morgan fingerprint density at radius 3 is 2.60 bits per heavy atom. The number of sulfone groups is 1. The van der Waals surface area contributed by atoms with Gasteiger partial charge in [0.15, 0.2) is 9.84 Å². The van der Waals surface area contributed by atoms with Gasteiger partial charge in [0.2, 0.25) is 0 Å². The second-order valence-corrected chi connectivity index (χ2v) is 6.40. The maximum Gasteiger partial charge on any atom is 0.151 e. The fourth-order valence-corrected chi connectivity index (χ4v) is 3.86. The lowest BCUT2D eigenvalue weighted by molar-refractivity contribution is 0.185. The molecule has 1 aliphatic heterocycles. The maximum absolute atomic E-state index is 11.3. The molecule has 0 spiro atoms. The number of hydrogen-bond donors (Lipinski definition) is 1. The minimum absolute atomic E-state index is 0.180. The van der Waals surface area contributed by atoms with Crippen LogP contribution in [0.5, 0.6) is 0 Å². The van der Waals surface area contributed by atoms with Gasteiger partial charge in [-0.3, -0.25) is 4.90 Å². The molecule has 0 bridgehead atoms. The summed E-state index contributed by atoms with van der Waals surface area (Å²) in [6.45, 7) is 4.01. The average Bonchev–Trinajstić information content (AvgIpc) is 2.53. The Kier molecular flexibility index (Phi) is 5.02. The zero-order chi connectivity index (χ0) is 11.3. The molecule has 0 aromatic carbocycles. The summed E-state index contributed by atoms with van der Waals surface area (Å²) in [4.78, 5) is 2.21. The van der Waals surface area contributed by atoms with E-state index in [4.69, 9.17) is 5.11 Å². The third-order valence-electron chi connectivity index (χ3n) is 2.84. The van der Waals surface area contributed by atoms with Gasteiger partial charge in [-0.2, -0.15) is 0 Å². The van der Waals surface area contributed by atoms with Crippen molar-refractivity contribution >= 4 is 9.84 Å². The molecule has 1 saturated heterocycles. The Balaban J connectivity index is 2.49. The number of nitrogens with zero attached hydrogens (tertiary/aromatic N) is 1. The molecule has 1 rings (SSSR count). The molecule has 1 N–H and O–H groups in total. The van der Waals surface area contributed by atoms with E-state index in [1.807, 2.05) is 0 Å². The molecule has 5 heteroatoms. The van der Waals surface area contributed by atoms with Gasteiger partial charge in [0, 0.05) is 19.2 Å². The molecule has 0 radical (unpaired) electrons. The van der Waals surface area contributed by atoms with Gasteiger partial charge < -0.3 is 5.11 Å². The molecule has 90 valence electrons. The van der Waals surface area contributed by atoms with Gasteiger partial charge in [-0.1, -0.05) is 6.92 Å². The largest absolute Gasteiger partial charge is 0.396 e. The van der Waals surface area contributed by atoms with Crippen LogP contribution in [0.1, 0.15) is 26.2 Å². The fourth-order valence-electron chi connectivity index (χ4n) is 2.10. The van der Waals surface area contributed by atoms with Crippen LogP contribution in [-0.2, 0) is 9.84 Å². The molecule has 1 atom stereocenters. The van der Waals surface area contributed by atoms with E-state index in [2.05, 4.69) is 11.8 Å². The summed E-state index contributed by atoms with van der Waals surface area (Å²) in [6, 6.07) is 0.182. The normalized spacial score (nSPS) is 24.9. The molecular weight excluding hydrogens is 214 g/mol. The van der Waals surface area contributed by atoms with Crippen molar-refractivity contribution in [3.8, 4) is 0 Å². The predicted octanol–water partition coefficient (Wildman–Crippen LogP) is 0.268. The second-order valence-electron chi connectivity index (χ2n) is 4.17. The Bertz CT molecular complexity index is 276. The summed E-state index contributed by atoms with van der Waals surface area (Å²) in [5.74, 6) is 0.634. The van der Waals surface area contributed by atoms with E-state index >= 15 is 0 Å². The lowest BCUT2D eigenvalue weighted by Crippen LogP contribution is -2.37. The topological polar surface area (TPSA) is 57.6 Å². The van der Waals surface area contributed by atoms with E-state index in [0.29, 0.717) is 11.5 Å². The number of rotatable bonds is 6. The van der Waals surface area contributed by atoms with E-state index in [1.54, 1.807) is 0 Å². The summed E-state index contributed by atoms with van der Waals surface area (Å²) in [6.07, 6.45) is 2.52. The van der Waals surface area contributed by atoms with Gasteiger partial charge in [0.1, 0.15) is 0 Å². The highest BCUT2D eigenvalue weighted by Gasteiger charge is 2.31. The van der Waals surface area contributed by atoms with Crippen molar-refractivity contribution in [2.45, 2.75) is 32.2 Å². The lowest BCUT2D eigenvalue weighted by Gasteiger charge is -2.27. The van der Waals surface area contributed by atoms with Crippen molar-refractivity contribution in [3.05, 3.63) is 0 Å². The first kappa shape index (κ1) is 12.9. The van der Waals surface area contributed by atoms with Crippen molar-refractivity contribution < 1.29 is 13.5 Å². The van der Waals surface area contributed by atoms with Gasteiger partial charge in [-0.25, -0.2) is 8.42 Å². The summed E-state index contributed by atoms with van der Waals surface area (Å²) in [5, 5.41) is 8.78. The highest BCUT2D eigenvalue weighted by atomic mass is 32.2. The first-order valence-corrected chi connectivity index (χ1v) is 7.46. The van der Waals surface area contributed by atoms with Gasteiger partial charge in [-0.05, 0) is 25.8 Å². The number of aliphatic hydroxyl groups excluding tert-OH is 1. The van der Waals surface area contributed by atoms with Gasteiger partial charge in [0.25, 0.3) is 0 Å². The Hall–Kier alpha value is -0.130. The van der Waals surface area contributed by atoms with Crippen molar-refractivity contribution in [3.63, 3.8) is 0 Å². The van der Waals surface area contributed by atoms with Crippen LogP contribution in [0.2, 0.25) is 0 Å². The van der Waals surface area contributed by atoms with Gasteiger partial charge in [0.05, 0.1) is 11.5 Å². The first-order chi connectivity index (χ1) is 7.09. The molecule has 0 aromatic rings. The Morgan fingerprint density at radius 2 is 2.13 bits per heavy atom. The monoisotopic (exact) mass is 235 g/mol. The van der Waals surface area contributed by atoms with Crippen LogP contribution in [-0.4, -0.2) is 55.7 Å². The maximum atomic E-state index is 11.3. The third kappa shape index (κ3) is 4.09. The van der Waals surface area contributed by atoms with E-state index in [0.717, 1.165) is 32.4 Å². The van der Waals surface area contributed by atoms with Crippen LogP contribution in [0.4, 0.5) is 0 Å². The first-order valence-electron chi connectivity index (χ1n) is 5.64. The van der Waals surface area contributed by atoms with Gasteiger partial charge >= 0.3 is 0 Å². The number of aliphatic hydroxyl groups is 1. The van der Waals surface area contributed by atoms with Crippen LogP contribution < -0.4 is 0 Å². The zero-order valence-electron chi connectivity index (χ0n) is 9.35. The quantitative estimate of drug-likeness (QED) is 0.718. The van der Waals surface area contributed by atoms with Crippen LogP contribution in [0.15, 0.2) is 0 Å². The Labute approximate surface area is 92.2 Å². The second kappa shape index (κ2) is 5.82. The summed E-state index contributed by atoms with van der Waals surface area (Å²) >= 11 is 0. The van der Waals surface area contributed by atoms with E-state index < -0.39 is 9.84 Å². The smallest absolute Gasteiger partial charge is 0.151 e. The van der Waals surface area contributed by atoms with Crippen LogP contribution in [0, 0.1) is 0 Å². The van der Waals surface area contributed by atoms with E-state index in [1.165, 1.54) is 0 Å². The summed E-state index contributed by atoms with van der Waals surface area (Å²) < 4.78 is 22.7. The number of hydrogen-bond acceptors (Lipinski definition) is 4. The molecule has 0 amide bonds. The minimum Gasteiger partial charge on any atom is -0.396 e. The van der Waals surface area contributed by atoms with Crippen LogP contribution >= 0.6 is 0 Å². The summed E-state index contributed by atoms with van der Waals surface area (Å²) in [5.41, 5.74) is 0. The SMILES string of the molecule is CCCN(CCCO)C1CCS(=O)(=O)C1. The highest BCUT2D eigenvalue weighted by Crippen LogP contribution is 2.18. The molecular formula is C10H21NO3S. The van der Waals surface area contributed by atoms with Crippen molar-refractivity contribution in [1.82, 2.24) is 4.90 Å². The van der Waals surface area contributed by atoms with E-state index in [-0.39, 0.29) is 12.6 Å². The average molecular weight is 235 g/mol. The van der Waals surface area contributed by atoms with Gasteiger partial charge in [-0.15, -0.1) is 0 Å². The molecule has 0 aromatic heterocycles. The van der Waals surface area contributed by atoms with Crippen LogP contribution in [0.3, 0.4) is 0 Å². The highest BCUT2D eigenvalue weighted by molar-refractivity contribution is 7.91. The molecule has 1 heterocycles. The minimum atomic E-state index is -2.79. The molecule has 1 unspecified atom stereocenters.